The van der Waals surface area contributed by atoms with Crippen molar-refractivity contribution in [3.63, 3.8) is 0 Å². The monoisotopic (exact) mass is 596 g/mol. The standard InChI is InChI=1S/C17H21N3O2.C10H10N2.C6H7N.CH2O2/c1-3-5-15(21)22-10-17(2)19-13-7-4-6-11-12(18)8-9-14(20-17)16(11)13;11-9-5-6-10(12)8-4-2-1-3-7(8)9;7-6-4-2-1-3-5-6;2-1-3/h4,6-9,19-20H,3,5,10,18H2,1-2H3;1-6H,11-12H2;1-5H,7H2;1H,(H,2,3). The van der Waals surface area contributed by atoms with Gasteiger partial charge in [0.15, 0.2) is 0 Å². The minimum absolute atomic E-state index is 0.173. The fourth-order valence-electron chi connectivity index (χ4n) is 4.64. The largest absolute Gasteiger partial charge is 0.483 e. The van der Waals surface area contributed by atoms with Crippen LogP contribution in [0.5, 0.6) is 0 Å². The van der Waals surface area contributed by atoms with Crippen molar-refractivity contribution in [1.29, 1.82) is 0 Å². The Bertz CT molecular complexity index is 1640. The first-order valence-electron chi connectivity index (χ1n) is 14.1. The van der Waals surface area contributed by atoms with Crippen molar-refractivity contribution < 1.29 is 19.4 Å². The fraction of sp³-hybridized carbons (Fsp3) is 0.176. The SMILES string of the molecule is CCCC(=O)OCC1(C)Nc2cccc3c(N)ccc(c23)N1.Nc1ccc(N)c2ccccc12.Nc1ccccc1.O=CO. The van der Waals surface area contributed by atoms with E-state index in [9.17, 15) is 4.79 Å². The van der Waals surface area contributed by atoms with Crippen LogP contribution in [0, 0.1) is 0 Å². The zero-order valence-electron chi connectivity index (χ0n) is 24.9. The lowest BCUT2D eigenvalue weighted by atomic mass is 9.99. The topological polar surface area (TPSA) is 192 Å². The van der Waals surface area contributed by atoms with Crippen molar-refractivity contribution in [3.8, 4) is 0 Å². The van der Waals surface area contributed by atoms with E-state index in [0.717, 1.165) is 62.1 Å². The Morgan fingerprint density at radius 2 is 1.23 bits per heavy atom. The summed E-state index contributed by atoms with van der Waals surface area (Å²) in [4.78, 5) is 20.0. The number of rotatable bonds is 4. The maximum Gasteiger partial charge on any atom is 0.305 e. The third-order valence-electron chi connectivity index (χ3n) is 6.66. The zero-order valence-corrected chi connectivity index (χ0v) is 24.9. The molecule has 1 unspecified atom stereocenters. The minimum Gasteiger partial charge on any atom is -0.483 e. The number of carbonyl (C=O) groups excluding carboxylic acids is 1. The second kappa shape index (κ2) is 15.5. The van der Waals surface area contributed by atoms with Crippen molar-refractivity contribution in [2.24, 2.45) is 0 Å². The molecule has 1 atom stereocenters. The number of carbonyl (C=O) groups is 2. The molecular weight excluding hydrogens is 556 g/mol. The van der Waals surface area contributed by atoms with Crippen LogP contribution in [0.3, 0.4) is 0 Å². The van der Waals surface area contributed by atoms with E-state index in [0.29, 0.717) is 6.42 Å². The summed E-state index contributed by atoms with van der Waals surface area (Å²) in [7, 11) is 0. The molecule has 10 nitrogen and oxygen atoms in total. The molecule has 5 aromatic rings. The predicted octanol–water partition coefficient (Wildman–Crippen LogP) is 6.29. The van der Waals surface area contributed by atoms with E-state index < -0.39 is 5.66 Å². The van der Waals surface area contributed by atoms with Crippen LogP contribution in [-0.2, 0) is 14.3 Å². The molecule has 10 heteroatoms. The summed E-state index contributed by atoms with van der Waals surface area (Å²) in [6.07, 6.45) is 1.23. The Morgan fingerprint density at radius 3 is 1.75 bits per heavy atom. The van der Waals surface area contributed by atoms with Gasteiger partial charge in [-0.25, -0.2) is 0 Å². The van der Waals surface area contributed by atoms with Crippen molar-refractivity contribution in [2.45, 2.75) is 32.4 Å². The van der Waals surface area contributed by atoms with Crippen molar-refractivity contribution >= 4 is 68.1 Å². The van der Waals surface area contributed by atoms with Gasteiger partial charge in [-0.15, -0.1) is 0 Å². The van der Waals surface area contributed by atoms with Gasteiger partial charge in [0.1, 0.15) is 12.3 Å². The van der Waals surface area contributed by atoms with Gasteiger partial charge in [0.05, 0.1) is 0 Å². The van der Waals surface area contributed by atoms with E-state index in [4.69, 9.17) is 37.6 Å². The molecule has 0 saturated heterocycles. The van der Waals surface area contributed by atoms with Gasteiger partial charge in [-0.1, -0.05) is 61.5 Å². The molecule has 0 amide bonds. The van der Waals surface area contributed by atoms with E-state index in [-0.39, 0.29) is 19.0 Å². The lowest BCUT2D eigenvalue weighted by molar-refractivity contribution is -0.144. The van der Waals surface area contributed by atoms with Crippen LogP contribution in [0.15, 0.2) is 97.1 Å². The highest BCUT2D eigenvalue weighted by Crippen LogP contribution is 2.40. The van der Waals surface area contributed by atoms with E-state index in [2.05, 4.69) is 10.6 Å². The number of carboxylic acid groups (broad SMARTS) is 1. The number of benzene rings is 5. The van der Waals surface area contributed by atoms with Gasteiger partial charge in [0, 0.05) is 62.1 Å². The molecule has 1 heterocycles. The van der Waals surface area contributed by atoms with Crippen LogP contribution in [0.1, 0.15) is 26.7 Å². The number of nitrogens with two attached hydrogens (primary N) is 4. The molecule has 0 aliphatic carbocycles. The molecule has 0 fully saturated rings. The summed E-state index contributed by atoms with van der Waals surface area (Å²) in [5.41, 5.74) is 27.5. The highest BCUT2D eigenvalue weighted by Gasteiger charge is 2.31. The minimum atomic E-state index is -0.541. The summed E-state index contributed by atoms with van der Waals surface area (Å²) in [6.45, 7) is 3.94. The first-order chi connectivity index (χ1) is 21.1. The van der Waals surface area contributed by atoms with Crippen LogP contribution in [-0.4, -0.2) is 29.8 Å². The molecule has 0 spiro atoms. The number of fused-ring (bicyclic) bond motifs is 1. The van der Waals surface area contributed by atoms with Gasteiger partial charge in [0.25, 0.3) is 6.47 Å². The van der Waals surface area contributed by atoms with Gasteiger partial charge < -0.3 is 43.4 Å². The summed E-state index contributed by atoms with van der Waals surface area (Å²) < 4.78 is 5.37. The number of nitrogen functional groups attached to an aromatic ring is 4. The van der Waals surface area contributed by atoms with Crippen molar-refractivity contribution in [3.05, 3.63) is 97.1 Å². The van der Waals surface area contributed by atoms with Crippen LogP contribution in [0.2, 0.25) is 0 Å². The van der Waals surface area contributed by atoms with Gasteiger partial charge in [-0.3, -0.25) is 9.59 Å². The third kappa shape index (κ3) is 8.68. The lowest BCUT2D eigenvalue weighted by Crippen LogP contribution is -2.49. The molecule has 11 N–H and O–H groups in total. The second-order valence-electron chi connectivity index (χ2n) is 10.2. The molecular formula is C34H40N6O4. The Kier molecular flexibility index (Phi) is 11.6. The normalized spacial score (nSPS) is 14.1. The van der Waals surface area contributed by atoms with E-state index in [1.54, 1.807) is 0 Å². The van der Waals surface area contributed by atoms with E-state index >= 15 is 0 Å². The second-order valence-corrected chi connectivity index (χ2v) is 10.2. The summed E-state index contributed by atoms with van der Waals surface area (Å²) in [5.74, 6) is -0.173. The maximum atomic E-state index is 11.6. The molecule has 1 aliphatic heterocycles. The van der Waals surface area contributed by atoms with Crippen LogP contribution in [0.4, 0.5) is 34.1 Å². The quantitative estimate of drug-likeness (QED) is 0.0704. The summed E-state index contributed by atoms with van der Waals surface area (Å²) in [6, 6.07) is 30.9. The first-order valence-corrected chi connectivity index (χ1v) is 14.1. The zero-order chi connectivity index (χ0) is 32.1. The molecule has 1 aliphatic rings. The highest BCUT2D eigenvalue weighted by atomic mass is 16.5. The smallest absolute Gasteiger partial charge is 0.305 e. The number of anilines is 6. The summed E-state index contributed by atoms with van der Waals surface area (Å²) >= 11 is 0. The summed E-state index contributed by atoms with van der Waals surface area (Å²) in [5, 5.41) is 17.9. The van der Waals surface area contributed by atoms with Gasteiger partial charge in [-0.05, 0) is 55.8 Å². The maximum absolute atomic E-state index is 11.6. The number of nitrogens with one attached hydrogen (secondary N) is 2. The number of ether oxygens (including phenoxy) is 1. The van der Waals surface area contributed by atoms with Gasteiger partial charge in [0.2, 0.25) is 0 Å². The Balaban J connectivity index is 0.000000200. The van der Waals surface area contributed by atoms with E-state index in [1.165, 1.54) is 0 Å². The molecule has 230 valence electrons. The molecule has 0 aromatic heterocycles. The molecule has 44 heavy (non-hydrogen) atoms. The third-order valence-corrected chi connectivity index (χ3v) is 6.66. The number of esters is 1. The first kappa shape index (κ1) is 32.9. The molecule has 0 saturated carbocycles. The van der Waals surface area contributed by atoms with Crippen LogP contribution >= 0.6 is 0 Å². The average Bonchev–Trinajstić information content (AvgIpc) is 3.02. The average molecular weight is 597 g/mol. The van der Waals surface area contributed by atoms with Gasteiger partial charge in [-0.2, -0.15) is 0 Å². The Labute approximate surface area is 257 Å². The molecule has 0 radical (unpaired) electrons. The number of hydrogen-bond donors (Lipinski definition) is 7. The highest BCUT2D eigenvalue weighted by molar-refractivity contribution is 6.10. The Hall–Kier alpha value is -5.64. The van der Waals surface area contributed by atoms with Crippen molar-refractivity contribution in [2.75, 3.05) is 40.2 Å². The van der Waals surface area contributed by atoms with E-state index in [1.807, 2.05) is 111 Å². The van der Waals surface area contributed by atoms with Crippen molar-refractivity contribution in [1.82, 2.24) is 0 Å². The van der Waals surface area contributed by atoms with Crippen LogP contribution in [0.25, 0.3) is 21.5 Å². The lowest BCUT2D eigenvalue weighted by Gasteiger charge is -2.38. The molecule has 6 rings (SSSR count). The van der Waals surface area contributed by atoms with Crippen LogP contribution < -0.4 is 33.6 Å². The predicted molar refractivity (Wildman–Crippen MR) is 182 cm³/mol. The number of para-hydroxylation sites is 1. The Morgan fingerprint density at radius 1 is 0.750 bits per heavy atom. The number of hydrogen-bond acceptors (Lipinski definition) is 9. The molecule has 0 bridgehead atoms. The van der Waals surface area contributed by atoms with Gasteiger partial charge >= 0.3 is 5.97 Å². The molecule has 5 aromatic carbocycles. The fourth-order valence-corrected chi connectivity index (χ4v) is 4.64.